The summed E-state index contributed by atoms with van der Waals surface area (Å²) in [6, 6.07) is 0. The molecule has 17 heavy (non-hydrogen) atoms. The van der Waals surface area contributed by atoms with E-state index in [9.17, 15) is 0 Å². The van der Waals surface area contributed by atoms with E-state index < -0.39 is 0 Å². The highest BCUT2D eigenvalue weighted by atomic mass is 16.5. The summed E-state index contributed by atoms with van der Waals surface area (Å²) in [7, 11) is 0. The number of ether oxygens (including phenoxy) is 1. The van der Waals surface area contributed by atoms with Crippen LogP contribution in [0.5, 0.6) is 0 Å². The van der Waals surface area contributed by atoms with Gasteiger partial charge < -0.3 is 14.9 Å². The zero-order chi connectivity index (χ0) is 12.1. The lowest BCUT2D eigenvalue weighted by atomic mass is 9.86. The van der Waals surface area contributed by atoms with E-state index in [2.05, 4.69) is 0 Å². The van der Waals surface area contributed by atoms with Gasteiger partial charge in [-0.3, -0.25) is 0 Å². The summed E-state index contributed by atoms with van der Waals surface area (Å²) in [5.74, 6) is 1.03. The SMILES string of the molecule is OCC1CCC(OC2CCC(CO)CC2)CC1. The molecule has 2 saturated carbocycles. The van der Waals surface area contributed by atoms with E-state index in [-0.39, 0.29) is 0 Å². The molecule has 3 nitrogen and oxygen atoms in total. The number of aliphatic hydroxyl groups excluding tert-OH is 2. The molecule has 0 bridgehead atoms. The van der Waals surface area contributed by atoms with E-state index >= 15 is 0 Å². The normalized spacial score (nSPS) is 39.2. The summed E-state index contributed by atoms with van der Waals surface area (Å²) in [6.45, 7) is 0.683. The third kappa shape index (κ3) is 3.94. The molecule has 2 aliphatic rings. The first kappa shape index (κ1) is 13.3. The molecule has 2 rings (SSSR count). The Morgan fingerprint density at radius 1 is 0.647 bits per heavy atom. The molecular formula is C14H26O3. The van der Waals surface area contributed by atoms with E-state index in [0.29, 0.717) is 37.3 Å². The first-order valence-electron chi connectivity index (χ1n) is 7.19. The van der Waals surface area contributed by atoms with Gasteiger partial charge in [0.25, 0.3) is 0 Å². The lowest BCUT2D eigenvalue weighted by Gasteiger charge is -2.34. The van der Waals surface area contributed by atoms with Crippen LogP contribution < -0.4 is 0 Å². The summed E-state index contributed by atoms with van der Waals surface area (Å²) in [6.07, 6.45) is 9.79. The van der Waals surface area contributed by atoms with Gasteiger partial charge in [-0.15, -0.1) is 0 Å². The smallest absolute Gasteiger partial charge is 0.0579 e. The van der Waals surface area contributed by atoms with Gasteiger partial charge in [0.15, 0.2) is 0 Å². The second kappa shape index (κ2) is 6.72. The van der Waals surface area contributed by atoms with Crippen LogP contribution in [0.2, 0.25) is 0 Å². The average molecular weight is 242 g/mol. The van der Waals surface area contributed by atoms with Gasteiger partial charge in [-0.1, -0.05) is 0 Å². The van der Waals surface area contributed by atoms with Crippen molar-refractivity contribution in [2.45, 2.75) is 63.6 Å². The molecule has 2 N–H and O–H groups in total. The third-order valence-electron chi connectivity index (χ3n) is 4.49. The predicted octanol–water partition coefficient (Wildman–Crippen LogP) is 2.11. The number of rotatable bonds is 4. The molecule has 0 aromatic rings. The van der Waals surface area contributed by atoms with Crippen molar-refractivity contribution in [2.24, 2.45) is 11.8 Å². The zero-order valence-corrected chi connectivity index (χ0v) is 10.7. The molecular weight excluding hydrogens is 216 g/mol. The molecule has 2 aliphatic carbocycles. The Morgan fingerprint density at radius 2 is 1.00 bits per heavy atom. The van der Waals surface area contributed by atoms with Crippen molar-refractivity contribution in [3.63, 3.8) is 0 Å². The fraction of sp³-hybridized carbons (Fsp3) is 1.00. The van der Waals surface area contributed by atoms with Gasteiger partial charge in [-0.25, -0.2) is 0 Å². The van der Waals surface area contributed by atoms with Crippen LogP contribution in [0.15, 0.2) is 0 Å². The maximum Gasteiger partial charge on any atom is 0.0579 e. The summed E-state index contributed by atoms with van der Waals surface area (Å²) in [5.41, 5.74) is 0. The fourth-order valence-corrected chi connectivity index (χ4v) is 3.17. The standard InChI is InChI=1S/C14H26O3/c15-9-11-1-5-13(6-2-11)17-14-7-3-12(10-16)4-8-14/h11-16H,1-10H2. The van der Waals surface area contributed by atoms with Crippen molar-refractivity contribution in [2.75, 3.05) is 13.2 Å². The van der Waals surface area contributed by atoms with Crippen LogP contribution in [0.25, 0.3) is 0 Å². The Hall–Kier alpha value is -0.120. The Balaban J connectivity index is 1.65. The predicted molar refractivity (Wildman–Crippen MR) is 66.7 cm³/mol. The highest BCUT2D eigenvalue weighted by molar-refractivity contribution is 4.77. The van der Waals surface area contributed by atoms with Crippen LogP contribution in [0, 0.1) is 11.8 Å². The van der Waals surface area contributed by atoms with Crippen LogP contribution in [-0.2, 0) is 4.74 Å². The van der Waals surface area contributed by atoms with E-state index in [4.69, 9.17) is 14.9 Å². The molecule has 0 amide bonds. The highest BCUT2D eigenvalue weighted by Gasteiger charge is 2.26. The summed E-state index contributed by atoms with van der Waals surface area (Å²) in [4.78, 5) is 0. The lowest BCUT2D eigenvalue weighted by Crippen LogP contribution is -2.30. The van der Waals surface area contributed by atoms with Gasteiger partial charge in [-0.05, 0) is 63.2 Å². The molecule has 0 aliphatic heterocycles. The van der Waals surface area contributed by atoms with Crippen molar-refractivity contribution in [3.05, 3.63) is 0 Å². The quantitative estimate of drug-likeness (QED) is 0.794. The summed E-state index contributed by atoms with van der Waals surface area (Å²) in [5, 5.41) is 18.2. The van der Waals surface area contributed by atoms with E-state index in [1.54, 1.807) is 0 Å². The molecule has 0 spiro atoms. The summed E-state index contributed by atoms with van der Waals surface area (Å²) >= 11 is 0. The Kier molecular flexibility index (Phi) is 5.26. The van der Waals surface area contributed by atoms with Crippen LogP contribution in [-0.4, -0.2) is 35.6 Å². The fourth-order valence-electron chi connectivity index (χ4n) is 3.17. The molecule has 0 radical (unpaired) electrons. The minimum Gasteiger partial charge on any atom is -0.396 e. The average Bonchev–Trinajstić information content (AvgIpc) is 2.40. The van der Waals surface area contributed by atoms with Crippen molar-refractivity contribution in [1.82, 2.24) is 0 Å². The molecule has 100 valence electrons. The van der Waals surface area contributed by atoms with Crippen LogP contribution in [0.3, 0.4) is 0 Å². The molecule has 0 aromatic carbocycles. The number of hydrogen-bond acceptors (Lipinski definition) is 3. The van der Waals surface area contributed by atoms with Gasteiger partial charge in [0.1, 0.15) is 0 Å². The Bertz CT molecular complexity index is 182. The maximum absolute atomic E-state index is 9.09. The van der Waals surface area contributed by atoms with Crippen molar-refractivity contribution in [1.29, 1.82) is 0 Å². The first-order valence-corrected chi connectivity index (χ1v) is 7.19. The minimum absolute atomic E-state index is 0.342. The van der Waals surface area contributed by atoms with Crippen molar-refractivity contribution < 1.29 is 14.9 Å². The van der Waals surface area contributed by atoms with Crippen LogP contribution in [0.4, 0.5) is 0 Å². The molecule has 0 unspecified atom stereocenters. The molecule has 3 heteroatoms. The molecule has 0 saturated heterocycles. The minimum atomic E-state index is 0.342. The van der Waals surface area contributed by atoms with E-state index in [1.807, 2.05) is 0 Å². The molecule has 0 atom stereocenters. The number of hydrogen-bond donors (Lipinski definition) is 2. The van der Waals surface area contributed by atoms with Gasteiger partial charge in [0.2, 0.25) is 0 Å². The molecule has 0 aromatic heterocycles. The van der Waals surface area contributed by atoms with E-state index in [0.717, 1.165) is 51.4 Å². The van der Waals surface area contributed by atoms with Gasteiger partial charge >= 0.3 is 0 Å². The van der Waals surface area contributed by atoms with Crippen LogP contribution in [0.1, 0.15) is 51.4 Å². The Labute approximate surface area is 104 Å². The molecule has 2 fully saturated rings. The zero-order valence-electron chi connectivity index (χ0n) is 10.7. The third-order valence-corrected chi connectivity index (χ3v) is 4.49. The highest BCUT2D eigenvalue weighted by Crippen LogP contribution is 2.31. The van der Waals surface area contributed by atoms with E-state index in [1.165, 1.54) is 0 Å². The van der Waals surface area contributed by atoms with Gasteiger partial charge in [0, 0.05) is 13.2 Å². The number of aliphatic hydroxyl groups is 2. The lowest BCUT2D eigenvalue weighted by molar-refractivity contribution is -0.0611. The summed E-state index contributed by atoms with van der Waals surface area (Å²) < 4.78 is 6.15. The second-order valence-corrected chi connectivity index (χ2v) is 5.79. The maximum atomic E-state index is 9.09. The van der Waals surface area contributed by atoms with Crippen LogP contribution >= 0.6 is 0 Å². The molecule has 0 heterocycles. The van der Waals surface area contributed by atoms with Gasteiger partial charge in [0.05, 0.1) is 12.2 Å². The largest absolute Gasteiger partial charge is 0.396 e. The van der Waals surface area contributed by atoms with Crippen molar-refractivity contribution in [3.8, 4) is 0 Å². The van der Waals surface area contributed by atoms with Crippen molar-refractivity contribution >= 4 is 0 Å². The first-order chi connectivity index (χ1) is 8.31. The van der Waals surface area contributed by atoms with Gasteiger partial charge in [-0.2, -0.15) is 0 Å². The Morgan fingerprint density at radius 3 is 1.29 bits per heavy atom. The monoisotopic (exact) mass is 242 g/mol. The topological polar surface area (TPSA) is 49.7 Å². The second-order valence-electron chi connectivity index (χ2n) is 5.79.